The standard InChI is InChI=1S/C28H32N6O/c1-18-11-21(12-19(2)31-18)27(30)24-13-22-16-34(28(35)32-26(22)14-25(24)29)23-9-6-10-33(17-23)15-20-7-4-3-5-8-20/h3-5,7-8,11-14,23,30H,6,9-10,15-17,29H2,1-2H3,(H,32,35)/t23-/m0/s1. The van der Waals surface area contributed by atoms with Gasteiger partial charge in [0, 0.05) is 59.6 Å². The van der Waals surface area contributed by atoms with E-state index in [0.717, 1.165) is 60.7 Å². The quantitative estimate of drug-likeness (QED) is 0.373. The number of likely N-dealkylation sites (tertiary alicyclic amines) is 1. The molecule has 0 spiro atoms. The van der Waals surface area contributed by atoms with E-state index in [-0.39, 0.29) is 12.1 Å². The summed E-state index contributed by atoms with van der Waals surface area (Å²) < 4.78 is 0. The van der Waals surface area contributed by atoms with E-state index in [1.54, 1.807) is 6.07 Å². The summed E-state index contributed by atoms with van der Waals surface area (Å²) in [5.74, 6) is 0. The summed E-state index contributed by atoms with van der Waals surface area (Å²) in [7, 11) is 0. The Morgan fingerprint density at radius 1 is 1.14 bits per heavy atom. The number of nitrogens with two attached hydrogens (primary N) is 1. The summed E-state index contributed by atoms with van der Waals surface area (Å²) in [6.45, 7) is 7.16. The Labute approximate surface area is 206 Å². The number of aromatic nitrogens is 1. The van der Waals surface area contributed by atoms with Crippen molar-refractivity contribution in [2.75, 3.05) is 24.1 Å². The third kappa shape index (κ3) is 4.91. The molecule has 2 aromatic carbocycles. The molecule has 1 atom stereocenters. The van der Waals surface area contributed by atoms with Crippen LogP contribution in [0.5, 0.6) is 0 Å². The second-order valence-electron chi connectivity index (χ2n) is 9.69. The smallest absolute Gasteiger partial charge is 0.322 e. The van der Waals surface area contributed by atoms with Crippen molar-refractivity contribution in [3.8, 4) is 0 Å². The minimum atomic E-state index is -0.0772. The Bertz CT molecular complexity index is 1250. The van der Waals surface area contributed by atoms with Crippen LogP contribution >= 0.6 is 0 Å². The van der Waals surface area contributed by atoms with Crippen LogP contribution in [0.25, 0.3) is 0 Å². The van der Waals surface area contributed by atoms with Crippen LogP contribution in [-0.4, -0.2) is 45.7 Å². The van der Waals surface area contributed by atoms with Crippen molar-refractivity contribution in [2.45, 2.75) is 45.8 Å². The fraction of sp³-hybridized carbons (Fsp3) is 0.321. The fourth-order valence-corrected chi connectivity index (χ4v) is 5.27. The number of nitrogens with zero attached hydrogens (tertiary/aromatic N) is 3. The van der Waals surface area contributed by atoms with Gasteiger partial charge in [-0.2, -0.15) is 0 Å². The van der Waals surface area contributed by atoms with Gasteiger partial charge in [-0.15, -0.1) is 0 Å². The summed E-state index contributed by atoms with van der Waals surface area (Å²) >= 11 is 0. The van der Waals surface area contributed by atoms with Crippen LogP contribution in [0.4, 0.5) is 16.2 Å². The first kappa shape index (κ1) is 23.1. The van der Waals surface area contributed by atoms with Crippen molar-refractivity contribution < 1.29 is 4.79 Å². The maximum Gasteiger partial charge on any atom is 0.322 e. The average molecular weight is 469 g/mol. The molecule has 3 aromatic rings. The summed E-state index contributed by atoms with van der Waals surface area (Å²) in [5.41, 5.74) is 13.4. The number of fused-ring (bicyclic) bond motifs is 1. The number of urea groups is 1. The number of rotatable bonds is 5. The van der Waals surface area contributed by atoms with E-state index in [4.69, 9.17) is 11.1 Å². The molecule has 1 fully saturated rings. The van der Waals surface area contributed by atoms with Crippen LogP contribution in [0.2, 0.25) is 0 Å². The number of aryl methyl sites for hydroxylation is 2. The van der Waals surface area contributed by atoms with E-state index in [2.05, 4.69) is 39.5 Å². The molecule has 0 bridgehead atoms. The third-order valence-electron chi connectivity index (χ3n) is 6.93. The first-order valence-corrected chi connectivity index (χ1v) is 12.2. The molecule has 3 heterocycles. The number of carbonyl (C=O) groups is 1. The molecule has 0 saturated carbocycles. The van der Waals surface area contributed by atoms with Crippen molar-refractivity contribution in [3.05, 3.63) is 88.2 Å². The largest absolute Gasteiger partial charge is 0.398 e. The van der Waals surface area contributed by atoms with Crippen LogP contribution in [0.15, 0.2) is 54.6 Å². The van der Waals surface area contributed by atoms with Gasteiger partial charge in [-0.05, 0) is 68.6 Å². The highest BCUT2D eigenvalue weighted by molar-refractivity contribution is 6.14. The molecular formula is C28H32N6O. The molecule has 7 nitrogen and oxygen atoms in total. The molecule has 7 heteroatoms. The second kappa shape index (κ2) is 9.50. The first-order chi connectivity index (χ1) is 16.9. The van der Waals surface area contributed by atoms with Gasteiger partial charge < -0.3 is 16.0 Å². The third-order valence-corrected chi connectivity index (χ3v) is 6.93. The Hall–Kier alpha value is -3.71. The summed E-state index contributed by atoms with van der Waals surface area (Å²) in [6, 6.07) is 18.1. The SMILES string of the molecule is Cc1cc(C(=N)c2cc3c(cc2N)NC(=O)N([C@H]2CCCN(Cc4ccccc4)C2)C3)cc(C)n1. The van der Waals surface area contributed by atoms with Crippen molar-refractivity contribution in [1.82, 2.24) is 14.8 Å². The van der Waals surface area contributed by atoms with Crippen molar-refractivity contribution in [1.29, 1.82) is 5.41 Å². The highest BCUT2D eigenvalue weighted by atomic mass is 16.2. The molecule has 0 unspecified atom stereocenters. The van der Waals surface area contributed by atoms with Gasteiger partial charge in [0.1, 0.15) is 0 Å². The van der Waals surface area contributed by atoms with Gasteiger partial charge in [-0.25, -0.2) is 4.79 Å². The molecule has 180 valence electrons. The molecule has 1 aromatic heterocycles. The van der Waals surface area contributed by atoms with E-state index in [1.165, 1.54) is 5.56 Å². The number of nitrogen functional groups attached to an aromatic ring is 1. The number of piperidine rings is 1. The molecule has 2 aliphatic heterocycles. The normalized spacial score (nSPS) is 18.2. The zero-order valence-electron chi connectivity index (χ0n) is 20.3. The van der Waals surface area contributed by atoms with E-state index < -0.39 is 0 Å². The summed E-state index contributed by atoms with van der Waals surface area (Å²) in [6.07, 6.45) is 2.05. The summed E-state index contributed by atoms with van der Waals surface area (Å²) in [5, 5.41) is 11.9. The molecule has 2 amide bonds. The lowest BCUT2D eigenvalue weighted by atomic mass is 9.95. The highest BCUT2D eigenvalue weighted by Gasteiger charge is 2.32. The molecule has 1 saturated heterocycles. The van der Waals surface area contributed by atoms with Crippen LogP contribution < -0.4 is 11.1 Å². The number of amides is 2. The van der Waals surface area contributed by atoms with Crippen LogP contribution in [0, 0.1) is 19.3 Å². The highest BCUT2D eigenvalue weighted by Crippen LogP contribution is 2.32. The van der Waals surface area contributed by atoms with Crippen molar-refractivity contribution >= 4 is 23.1 Å². The molecule has 4 N–H and O–H groups in total. The van der Waals surface area contributed by atoms with Gasteiger partial charge >= 0.3 is 6.03 Å². The van der Waals surface area contributed by atoms with E-state index in [1.807, 2.05) is 43.0 Å². The minimum absolute atomic E-state index is 0.0772. The van der Waals surface area contributed by atoms with Gasteiger partial charge in [0.25, 0.3) is 0 Å². The number of anilines is 2. The maximum absolute atomic E-state index is 13.1. The van der Waals surface area contributed by atoms with Crippen LogP contribution in [0.1, 0.15) is 46.5 Å². The number of nitrogens with one attached hydrogen (secondary N) is 2. The van der Waals surface area contributed by atoms with Gasteiger partial charge in [0.15, 0.2) is 0 Å². The zero-order chi connectivity index (χ0) is 24.5. The number of hydrogen-bond donors (Lipinski definition) is 3. The molecule has 35 heavy (non-hydrogen) atoms. The first-order valence-electron chi connectivity index (χ1n) is 12.2. The Morgan fingerprint density at radius 3 is 2.63 bits per heavy atom. The number of pyridine rings is 1. The lowest BCUT2D eigenvalue weighted by Gasteiger charge is -2.41. The molecular weight excluding hydrogens is 436 g/mol. The Morgan fingerprint density at radius 2 is 1.89 bits per heavy atom. The lowest BCUT2D eigenvalue weighted by molar-refractivity contribution is 0.108. The molecule has 5 rings (SSSR count). The van der Waals surface area contributed by atoms with E-state index in [9.17, 15) is 4.79 Å². The zero-order valence-corrected chi connectivity index (χ0v) is 20.3. The van der Waals surface area contributed by atoms with Crippen LogP contribution in [0.3, 0.4) is 0 Å². The number of carbonyl (C=O) groups excluding carboxylic acids is 1. The molecule has 0 radical (unpaired) electrons. The fourth-order valence-electron chi connectivity index (χ4n) is 5.27. The second-order valence-corrected chi connectivity index (χ2v) is 9.69. The van der Waals surface area contributed by atoms with Gasteiger partial charge in [-0.1, -0.05) is 30.3 Å². The van der Waals surface area contributed by atoms with Gasteiger partial charge in [0.2, 0.25) is 0 Å². The van der Waals surface area contributed by atoms with Crippen molar-refractivity contribution in [2.24, 2.45) is 0 Å². The Balaban J connectivity index is 1.36. The maximum atomic E-state index is 13.1. The average Bonchev–Trinajstić information content (AvgIpc) is 2.83. The van der Waals surface area contributed by atoms with Crippen LogP contribution in [-0.2, 0) is 13.1 Å². The Kier molecular flexibility index (Phi) is 6.26. The predicted molar refractivity (Wildman–Crippen MR) is 140 cm³/mol. The molecule has 0 aliphatic carbocycles. The molecule has 2 aliphatic rings. The lowest BCUT2D eigenvalue weighted by Crippen LogP contribution is -2.52. The minimum Gasteiger partial charge on any atom is -0.398 e. The summed E-state index contributed by atoms with van der Waals surface area (Å²) in [4.78, 5) is 21.9. The van der Waals surface area contributed by atoms with E-state index >= 15 is 0 Å². The van der Waals surface area contributed by atoms with Gasteiger partial charge in [-0.3, -0.25) is 15.3 Å². The topological polar surface area (TPSA) is 98.3 Å². The number of benzene rings is 2. The van der Waals surface area contributed by atoms with Gasteiger partial charge in [0.05, 0.1) is 5.71 Å². The monoisotopic (exact) mass is 468 g/mol. The number of hydrogen-bond acceptors (Lipinski definition) is 5. The van der Waals surface area contributed by atoms with E-state index in [0.29, 0.717) is 23.5 Å². The predicted octanol–water partition coefficient (Wildman–Crippen LogP) is 4.71. The van der Waals surface area contributed by atoms with Crippen molar-refractivity contribution in [3.63, 3.8) is 0 Å².